The van der Waals surface area contributed by atoms with Crippen LogP contribution in [0.5, 0.6) is 0 Å². The molecule has 0 amide bonds. The number of rotatable bonds is 8. The molecule has 2 aromatic heterocycles. The number of aromatic amines is 1. The van der Waals surface area contributed by atoms with Crippen LogP contribution in [0, 0.1) is 0 Å². The molecule has 0 atom stereocenters. The number of unbranched alkanes of at least 4 members (excludes halogenated alkanes) is 2. The van der Waals surface area contributed by atoms with Gasteiger partial charge in [0.1, 0.15) is 0 Å². The van der Waals surface area contributed by atoms with Crippen LogP contribution in [0.25, 0.3) is 33.8 Å². The molecule has 0 radical (unpaired) electrons. The maximum atomic E-state index is 5.65. The molecule has 0 aliphatic rings. The summed E-state index contributed by atoms with van der Waals surface area (Å²) in [5.74, 6) is 0. The average Bonchev–Trinajstić information content (AvgIpc) is 3.39. The van der Waals surface area contributed by atoms with Gasteiger partial charge in [-0.15, -0.1) is 0 Å². The first kappa shape index (κ1) is 18.2. The first-order valence-electron chi connectivity index (χ1n) is 9.78. The molecule has 4 rings (SSSR count). The van der Waals surface area contributed by atoms with Crippen molar-refractivity contribution in [2.75, 3.05) is 6.54 Å². The van der Waals surface area contributed by atoms with Gasteiger partial charge < -0.3 is 10.3 Å². The minimum atomic E-state index is 0.742. The zero-order valence-corrected chi connectivity index (χ0v) is 15.9. The zero-order chi connectivity index (χ0) is 19.2. The summed E-state index contributed by atoms with van der Waals surface area (Å²) in [6, 6.07) is 20.6. The molecule has 28 heavy (non-hydrogen) atoms. The summed E-state index contributed by atoms with van der Waals surface area (Å²) in [7, 11) is 0. The lowest BCUT2D eigenvalue weighted by Crippen LogP contribution is -2.02. The molecule has 4 aromatic rings. The first-order chi connectivity index (χ1) is 13.9. The quantitative estimate of drug-likeness (QED) is 0.440. The van der Waals surface area contributed by atoms with Gasteiger partial charge in [0, 0.05) is 23.2 Å². The Bertz CT molecular complexity index is 1000. The lowest BCUT2D eigenvalue weighted by atomic mass is 10.0. The Morgan fingerprint density at radius 2 is 1.57 bits per heavy atom. The Balaban J connectivity index is 1.79. The molecule has 0 spiro atoms. The van der Waals surface area contributed by atoms with Gasteiger partial charge in [0.15, 0.2) is 0 Å². The van der Waals surface area contributed by atoms with E-state index in [0.717, 1.165) is 66.1 Å². The van der Waals surface area contributed by atoms with Gasteiger partial charge in [0.05, 0.1) is 29.6 Å². The van der Waals surface area contributed by atoms with Crippen molar-refractivity contribution in [3.05, 3.63) is 73.2 Å². The lowest BCUT2D eigenvalue weighted by Gasteiger charge is -2.11. The minimum Gasteiger partial charge on any atom is -0.330 e. The summed E-state index contributed by atoms with van der Waals surface area (Å²) in [6.45, 7) is 1.65. The predicted molar refractivity (Wildman–Crippen MR) is 114 cm³/mol. The molecule has 0 aliphatic heterocycles. The van der Waals surface area contributed by atoms with Gasteiger partial charge in [-0.2, -0.15) is 5.10 Å². The molecule has 5 heteroatoms. The van der Waals surface area contributed by atoms with Crippen LogP contribution < -0.4 is 5.73 Å². The van der Waals surface area contributed by atoms with Crippen LogP contribution in [0.15, 0.2) is 73.2 Å². The van der Waals surface area contributed by atoms with Crippen molar-refractivity contribution in [1.29, 1.82) is 0 Å². The molecule has 5 nitrogen and oxygen atoms in total. The molecule has 0 aliphatic carbocycles. The number of aromatic nitrogens is 4. The predicted octanol–water partition coefficient (Wildman–Crippen LogP) is 4.74. The highest BCUT2D eigenvalue weighted by Gasteiger charge is 2.19. The summed E-state index contributed by atoms with van der Waals surface area (Å²) < 4.78 is 2.25. The third-order valence-corrected chi connectivity index (χ3v) is 4.95. The maximum Gasteiger partial charge on any atom is 0.0964 e. The summed E-state index contributed by atoms with van der Waals surface area (Å²) in [4.78, 5) is 4.77. The Labute approximate surface area is 165 Å². The van der Waals surface area contributed by atoms with Crippen LogP contribution in [0.3, 0.4) is 0 Å². The summed E-state index contributed by atoms with van der Waals surface area (Å²) in [5.41, 5.74) is 12.0. The van der Waals surface area contributed by atoms with Crippen molar-refractivity contribution in [2.24, 2.45) is 5.73 Å². The van der Waals surface area contributed by atoms with E-state index in [1.165, 1.54) is 0 Å². The minimum absolute atomic E-state index is 0.742. The molecule has 0 saturated heterocycles. The van der Waals surface area contributed by atoms with E-state index in [1.807, 2.05) is 48.9 Å². The van der Waals surface area contributed by atoms with E-state index in [0.29, 0.717) is 0 Å². The molecular weight excluding hydrogens is 346 g/mol. The largest absolute Gasteiger partial charge is 0.330 e. The lowest BCUT2D eigenvalue weighted by molar-refractivity contribution is 0.594. The van der Waals surface area contributed by atoms with Crippen molar-refractivity contribution >= 4 is 0 Å². The van der Waals surface area contributed by atoms with Crippen LogP contribution in [0.4, 0.5) is 0 Å². The van der Waals surface area contributed by atoms with Gasteiger partial charge in [-0.1, -0.05) is 67.1 Å². The van der Waals surface area contributed by atoms with Crippen molar-refractivity contribution in [2.45, 2.75) is 25.8 Å². The standard InChI is InChI=1S/C23H25N5/c24-14-8-3-9-15-28-17-25-22(19-12-6-2-7-13-19)23(28)20-16-26-27-21(20)18-10-4-1-5-11-18/h1-2,4-7,10-13,16-17H,3,8-9,14-15,24H2,(H,26,27). The number of H-pyrrole nitrogens is 1. The zero-order valence-electron chi connectivity index (χ0n) is 15.9. The molecule has 2 heterocycles. The molecular formula is C23H25N5. The Morgan fingerprint density at radius 1 is 0.857 bits per heavy atom. The van der Waals surface area contributed by atoms with Gasteiger partial charge in [0.2, 0.25) is 0 Å². The molecule has 0 unspecified atom stereocenters. The summed E-state index contributed by atoms with van der Waals surface area (Å²) in [6.07, 6.45) is 7.10. The topological polar surface area (TPSA) is 72.5 Å². The van der Waals surface area contributed by atoms with Crippen LogP contribution in [-0.4, -0.2) is 26.3 Å². The number of nitrogens with one attached hydrogen (secondary N) is 1. The van der Waals surface area contributed by atoms with Crippen LogP contribution in [0.2, 0.25) is 0 Å². The molecule has 0 saturated carbocycles. The number of hydrogen-bond donors (Lipinski definition) is 2. The fourth-order valence-corrected chi connectivity index (χ4v) is 3.54. The second-order valence-electron chi connectivity index (χ2n) is 6.88. The Kier molecular flexibility index (Phi) is 5.64. The highest BCUT2D eigenvalue weighted by Crippen LogP contribution is 2.36. The van der Waals surface area contributed by atoms with Crippen molar-refractivity contribution in [1.82, 2.24) is 19.7 Å². The van der Waals surface area contributed by atoms with Crippen molar-refractivity contribution in [3.63, 3.8) is 0 Å². The number of hydrogen-bond acceptors (Lipinski definition) is 3. The normalized spacial score (nSPS) is 11.0. The maximum absolute atomic E-state index is 5.65. The van der Waals surface area contributed by atoms with Gasteiger partial charge in [0.25, 0.3) is 0 Å². The Hall–Kier alpha value is -3.18. The third-order valence-electron chi connectivity index (χ3n) is 4.95. The van der Waals surface area contributed by atoms with E-state index in [1.54, 1.807) is 0 Å². The second-order valence-corrected chi connectivity index (χ2v) is 6.88. The van der Waals surface area contributed by atoms with Gasteiger partial charge >= 0.3 is 0 Å². The second kappa shape index (κ2) is 8.67. The van der Waals surface area contributed by atoms with E-state index in [-0.39, 0.29) is 0 Å². The number of nitrogens with zero attached hydrogens (tertiary/aromatic N) is 3. The van der Waals surface area contributed by atoms with E-state index in [4.69, 9.17) is 10.7 Å². The van der Waals surface area contributed by atoms with Crippen molar-refractivity contribution < 1.29 is 0 Å². The van der Waals surface area contributed by atoms with Gasteiger partial charge in [-0.25, -0.2) is 4.98 Å². The number of aryl methyl sites for hydroxylation is 1. The van der Waals surface area contributed by atoms with Gasteiger partial charge in [-0.05, 0) is 19.4 Å². The third kappa shape index (κ3) is 3.75. The number of imidazole rings is 1. The van der Waals surface area contributed by atoms with Gasteiger partial charge in [-0.3, -0.25) is 5.10 Å². The Morgan fingerprint density at radius 3 is 2.29 bits per heavy atom. The van der Waals surface area contributed by atoms with E-state index in [2.05, 4.69) is 39.0 Å². The molecule has 0 fully saturated rings. The number of nitrogens with two attached hydrogens (primary N) is 1. The van der Waals surface area contributed by atoms with E-state index < -0.39 is 0 Å². The highest BCUT2D eigenvalue weighted by atomic mass is 15.1. The monoisotopic (exact) mass is 371 g/mol. The fraction of sp³-hybridized carbons (Fsp3) is 0.217. The fourth-order valence-electron chi connectivity index (χ4n) is 3.54. The molecule has 3 N–H and O–H groups in total. The SMILES string of the molecule is NCCCCCn1cnc(-c2ccccc2)c1-c1cn[nH]c1-c1ccccc1. The van der Waals surface area contributed by atoms with Crippen LogP contribution in [-0.2, 0) is 6.54 Å². The van der Waals surface area contributed by atoms with Crippen LogP contribution >= 0.6 is 0 Å². The summed E-state index contributed by atoms with van der Waals surface area (Å²) >= 11 is 0. The number of benzene rings is 2. The van der Waals surface area contributed by atoms with Crippen LogP contribution in [0.1, 0.15) is 19.3 Å². The first-order valence-corrected chi connectivity index (χ1v) is 9.78. The molecule has 0 bridgehead atoms. The average molecular weight is 371 g/mol. The van der Waals surface area contributed by atoms with E-state index >= 15 is 0 Å². The summed E-state index contributed by atoms with van der Waals surface area (Å²) in [5, 5.41) is 7.54. The molecule has 142 valence electrons. The molecule has 2 aromatic carbocycles. The smallest absolute Gasteiger partial charge is 0.0964 e. The van der Waals surface area contributed by atoms with Crippen molar-refractivity contribution in [3.8, 4) is 33.8 Å². The highest BCUT2D eigenvalue weighted by molar-refractivity contribution is 5.86. The van der Waals surface area contributed by atoms with E-state index in [9.17, 15) is 0 Å².